The number of thiophene rings is 1. The van der Waals surface area contributed by atoms with E-state index in [2.05, 4.69) is 21.5 Å². The standard InChI is InChI=1S/C29H19ClN6O4S/c30-24-5-3-21(41-24)14-33-28-23(12-31)26(34-36(28)29(38)20-8-11-40-17-20)27-22(19-2-1-9-32-13-19)4-6-25(37)35(27)15-18-7-10-39-16-18/h1-11,13,16-17,33H,14-15H2. The minimum atomic E-state index is -0.518. The van der Waals surface area contributed by atoms with Crippen LogP contribution in [-0.2, 0) is 13.1 Å². The van der Waals surface area contributed by atoms with E-state index in [4.69, 9.17) is 20.4 Å². The van der Waals surface area contributed by atoms with Crippen LogP contribution in [0.5, 0.6) is 0 Å². The average molecular weight is 583 g/mol. The summed E-state index contributed by atoms with van der Waals surface area (Å²) < 4.78 is 13.6. The molecule has 0 bridgehead atoms. The molecule has 10 nitrogen and oxygen atoms in total. The summed E-state index contributed by atoms with van der Waals surface area (Å²) in [5, 5.41) is 18.3. The molecule has 0 aliphatic carbocycles. The third kappa shape index (κ3) is 5.09. The maximum atomic E-state index is 13.6. The van der Waals surface area contributed by atoms with Crippen LogP contribution in [0, 0.1) is 11.3 Å². The highest BCUT2D eigenvalue weighted by Gasteiger charge is 2.28. The molecule has 12 heteroatoms. The van der Waals surface area contributed by atoms with Crippen LogP contribution in [0.15, 0.2) is 99.6 Å². The van der Waals surface area contributed by atoms with Crippen LogP contribution in [0.2, 0.25) is 4.34 Å². The van der Waals surface area contributed by atoms with Crippen LogP contribution in [0.3, 0.4) is 0 Å². The van der Waals surface area contributed by atoms with Crippen LogP contribution in [0.4, 0.5) is 5.82 Å². The number of hydrogen-bond acceptors (Lipinski definition) is 9. The fourth-order valence-corrected chi connectivity index (χ4v) is 5.46. The lowest BCUT2D eigenvalue weighted by Crippen LogP contribution is -2.22. The summed E-state index contributed by atoms with van der Waals surface area (Å²) in [5.74, 6) is -0.350. The smallest absolute Gasteiger partial charge is 0.283 e. The van der Waals surface area contributed by atoms with Gasteiger partial charge in [-0.2, -0.15) is 15.0 Å². The first kappa shape index (κ1) is 26.1. The average Bonchev–Trinajstić information content (AvgIpc) is 3.81. The van der Waals surface area contributed by atoms with Gasteiger partial charge in [-0.1, -0.05) is 17.7 Å². The van der Waals surface area contributed by atoms with Crippen molar-refractivity contribution in [1.29, 1.82) is 5.26 Å². The molecule has 0 radical (unpaired) electrons. The molecule has 0 unspecified atom stereocenters. The Hall–Kier alpha value is -5.18. The second-order valence-electron chi connectivity index (χ2n) is 8.87. The molecule has 0 aromatic carbocycles. The maximum absolute atomic E-state index is 13.6. The minimum absolute atomic E-state index is 0.0844. The Kier molecular flexibility index (Phi) is 7.08. The normalized spacial score (nSPS) is 10.9. The third-order valence-corrected chi connectivity index (χ3v) is 7.55. The van der Waals surface area contributed by atoms with Gasteiger partial charge in [0, 0.05) is 40.0 Å². The van der Waals surface area contributed by atoms with Gasteiger partial charge < -0.3 is 18.7 Å². The Labute approximate surface area is 241 Å². The molecule has 6 aromatic rings. The maximum Gasteiger partial charge on any atom is 0.283 e. The van der Waals surface area contributed by atoms with Gasteiger partial charge in [-0.25, -0.2) is 0 Å². The first-order chi connectivity index (χ1) is 20.0. The van der Waals surface area contributed by atoms with Crippen LogP contribution >= 0.6 is 22.9 Å². The largest absolute Gasteiger partial charge is 0.472 e. The van der Waals surface area contributed by atoms with Crippen molar-refractivity contribution in [2.75, 3.05) is 5.32 Å². The number of carbonyl (C=O) groups excluding carboxylic acids is 1. The number of carbonyl (C=O) groups is 1. The molecule has 0 saturated heterocycles. The number of furan rings is 2. The number of nitrogens with zero attached hydrogens (tertiary/aromatic N) is 5. The van der Waals surface area contributed by atoms with Gasteiger partial charge >= 0.3 is 0 Å². The number of rotatable bonds is 8. The molecule has 0 aliphatic heterocycles. The summed E-state index contributed by atoms with van der Waals surface area (Å²) >= 11 is 7.48. The van der Waals surface area contributed by atoms with E-state index in [0.717, 1.165) is 15.1 Å². The van der Waals surface area contributed by atoms with Gasteiger partial charge in [0.1, 0.15) is 23.6 Å². The van der Waals surface area contributed by atoms with Crippen molar-refractivity contribution in [2.24, 2.45) is 0 Å². The van der Waals surface area contributed by atoms with Crippen molar-refractivity contribution < 1.29 is 13.6 Å². The molecule has 1 N–H and O–H groups in total. The van der Waals surface area contributed by atoms with E-state index >= 15 is 0 Å². The molecule has 41 heavy (non-hydrogen) atoms. The molecule has 0 amide bonds. The molecule has 0 fully saturated rings. The number of halogens is 1. The van der Waals surface area contributed by atoms with Gasteiger partial charge in [-0.3, -0.25) is 14.6 Å². The number of hydrogen-bond donors (Lipinski definition) is 1. The van der Waals surface area contributed by atoms with Crippen molar-refractivity contribution in [1.82, 2.24) is 19.3 Å². The van der Waals surface area contributed by atoms with E-state index in [1.54, 1.807) is 42.9 Å². The first-order valence-corrected chi connectivity index (χ1v) is 13.5. The predicted molar refractivity (Wildman–Crippen MR) is 153 cm³/mol. The fraction of sp³-hybridized carbons (Fsp3) is 0.0690. The molecule has 0 aliphatic rings. The van der Waals surface area contributed by atoms with Crippen LogP contribution in [-0.4, -0.2) is 25.2 Å². The van der Waals surface area contributed by atoms with Gasteiger partial charge in [-0.05, 0) is 36.4 Å². The Morgan fingerprint density at radius 1 is 1.10 bits per heavy atom. The summed E-state index contributed by atoms with van der Waals surface area (Å²) in [6.07, 6.45) is 9.04. The van der Waals surface area contributed by atoms with Crippen molar-refractivity contribution in [3.05, 3.63) is 122 Å². The van der Waals surface area contributed by atoms with Crippen molar-refractivity contribution >= 4 is 34.7 Å². The van der Waals surface area contributed by atoms with E-state index in [0.29, 0.717) is 21.2 Å². The van der Waals surface area contributed by atoms with Crippen molar-refractivity contribution in [2.45, 2.75) is 13.1 Å². The SMILES string of the molecule is N#Cc1c(-c2c(-c3cccnc3)ccc(=O)n2Cc2ccoc2)nn(C(=O)c2ccoc2)c1NCc1ccc(Cl)s1. The Morgan fingerprint density at radius 3 is 2.63 bits per heavy atom. The van der Waals surface area contributed by atoms with Crippen LogP contribution in [0.25, 0.3) is 22.5 Å². The van der Waals surface area contributed by atoms with Crippen molar-refractivity contribution in [3.8, 4) is 28.6 Å². The number of anilines is 1. The van der Waals surface area contributed by atoms with Crippen LogP contribution < -0.4 is 10.9 Å². The number of nitrogens with one attached hydrogen (secondary N) is 1. The zero-order valence-corrected chi connectivity index (χ0v) is 22.7. The Morgan fingerprint density at radius 2 is 1.95 bits per heavy atom. The van der Waals surface area contributed by atoms with Gasteiger partial charge in [0.25, 0.3) is 11.5 Å². The third-order valence-electron chi connectivity index (χ3n) is 6.32. The second kappa shape index (κ2) is 11.1. The van der Waals surface area contributed by atoms with Crippen LogP contribution in [0.1, 0.15) is 26.4 Å². The van der Waals surface area contributed by atoms with Gasteiger partial charge in [0.15, 0.2) is 5.82 Å². The van der Waals surface area contributed by atoms with Gasteiger partial charge in [0.2, 0.25) is 0 Å². The molecular weight excluding hydrogens is 564 g/mol. The molecule has 6 heterocycles. The number of aromatic nitrogens is 4. The Bertz CT molecular complexity index is 1930. The monoisotopic (exact) mass is 582 g/mol. The number of pyridine rings is 2. The topological polar surface area (TPSA) is 132 Å². The quantitative estimate of drug-likeness (QED) is 0.235. The summed E-state index contributed by atoms with van der Waals surface area (Å²) in [4.78, 5) is 32.1. The predicted octanol–water partition coefficient (Wildman–Crippen LogP) is 5.90. The highest BCUT2D eigenvalue weighted by Crippen LogP contribution is 2.36. The summed E-state index contributed by atoms with van der Waals surface area (Å²) in [6.45, 7) is 0.421. The molecule has 202 valence electrons. The van der Waals surface area contributed by atoms with E-state index < -0.39 is 5.91 Å². The summed E-state index contributed by atoms with van der Waals surface area (Å²) in [7, 11) is 0. The molecule has 0 spiro atoms. The van der Waals surface area contributed by atoms with Gasteiger partial charge in [-0.15, -0.1) is 11.3 Å². The molecule has 0 atom stereocenters. The van der Waals surface area contributed by atoms with E-state index in [9.17, 15) is 14.9 Å². The van der Waals surface area contributed by atoms with Crippen molar-refractivity contribution in [3.63, 3.8) is 0 Å². The molecular formula is C29H19ClN6O4S. The lowest BCUT2D eigenvalue weighted by atomic mass is 10.0. The molecule has 6 aromatic heterocycles. The lowest BCUT2D eigenvalue weighted by Gasteiger charge is -2.15. The fourth-order valence-electron chi connectivity index (χ4n) is 4.44. The summed E-state index contributed by atoms with van der Waals surface area (Å²) in [6, 6.07) is 15.8. The van der Waals surface area contributed by atoms with E-state index in [1.807, 2.05) is 12.1 Å². The Balaban J connectivity index is 1.60. The zero-order chi connectivity index (χ0) is 28.3. The minimum Gasteiger partial charge on any atom is -0.472 e. The number of nitriles is 1. The molecule has 0 saturated carbocycles. The molecule has 6 rings (SSSR count). The highest BCUT2D eigenvalue weighted by molar-refractivity contribution is 7.16. The highest BCUT2D eigenvalue weighted by atomic mass is 35.5. The van der Waals surface area contributed by atoms with Gasteiger partial charge in [0.05, 0.1) is 47.5 Å². The lowest BCUT2D eigenvalue weighted by molar-refractivity contribution is 0.0947. The zero-order valence-electron chi connectivity index (χ0n) is 21.2. The van der Waals surface area contributed by atoms with E-state index in [-0.39, 0.29) is 41.3 Å². The summed E-state index contributed by atoms with van der Waals surface area (Å²) in [5.41, 5.74) is 2.54. The van der Waals surface area contributed by atoms with E-state index in [1.165, 1.54) is 46.8 Å². The second-order valence-corrected chi connectivity index (χ2v) is 10.7. The first-order valence-electron chi connectivity index (χ1n) is 12.3.